The number of carbonyl (C=O) groups excluding carboxylic acids is 1. The van der Waals surface area contributed by atoms with E-state index in [4.69, 9.17) is 4.42 Å². The van der Waals surface area contributed by atoms with Gasteiger partial charge in [-0.25, -0.2) is 15.0 Å². The normalized spacial score (nSPS) is 11.4. The van der Waals surface area contributed by atoms with Gasteiger partial charge in [-0.15, -0.1) is 5.10 Å². The Hall–Kier alpha value is -2.57. The van der Waals surface area contributed by atoms with Crippen LogP contribution in [0.2, 0.25) is 0 Å². The molecule has 0 unspecified atom stereocenters. The summed E-state index contributed by atoms with van der Waals surface area (Å²) < 4.78 is 6.93. The fraction of sp³-hybridized carbons (Fsp3) is 0.357. The Bertz CT molecular complexity index is 789. The Morgan fingerprint density at radius 3 is 2.81 bits per heavy atom. The van der Waals surface area contributed by atoms with Crippen LogP contribution >= 0.6 is 0 Å². The molecule has 0 N–H and O–H groups in total. The molecule has 0 aliphatic heterocycles. The molecule has 0 atom stereocenters. The third-order valence-electron chi connectivity index (χ3n) is 2.99. The van der Waals surface area contributed by atoms with E-state index in [9.17, 15) is 4.79 Å². The quantitative estimate of drug-likeness (QED) is 0.729. The van der Waals surface area contributed by atoms with Crippen molar-refractivity contribution in [1.82, 2.24) is 24.6 Å². The van der Waals surface area contributed by atoms with Crippen LogP contribution in [0.4, 0.5) is 0 Å². The molecule has 0 saturated heterocycles. The van der Waals surface area contributed by atoms with Gasteiger partial charge in [0.15, 0.2) is 23.6 Å². The second kappa shape index (κ2) is 5.08. The molecule has 0 radical (unpaired) electrons. The van der Waals surface area contributed by atoms with Gasteiger partial charge in [-0.1, -0.05) is 13.8 Å². The van der Waals surface area contributed by atoms with E-state index in [0.717, 1.165) is 5.82 Å². The molecule has 0 aliphatic carbocycles. The molecule has 21 heavy (non-hydrogen) atoms. The van der Waals surface area contributed by atoms with Gasteiger partial charge in [0.05, 0.1) is 11.9 Å². The fourth-order valence-electron chi connectivity index (χ4n) is 2.03. The van der Waals surface area contributed by atoms with E-state index in [1.807, 2.05) is 13.8 Å². The van der Waals surface area contributed by atoms with Crippen LogP contribution < -0.4 is 0 Å². The van der Waals surface area contributed by atoms with Crippen molar-refractivity contribution < 1.29 is 9.21 Å². The number of ketones is 1. The van der Waals surface area contributed by atoms with E-state index in [1.54, 1.807) is 16.8 Å². The van der Waals surface area contributed by atoms with Gasteiger partial charge in [-0.05, 0) is 6.92 Å². The first-order chi connectivity index (χ1) is 10.0. The zero-order valence-electron chi connectivity index (χ0n) is 12.1. The molecule has 0 saturated carbocycles. The summed E-state index contributed by atoms with van der Waals surface area (Å²) in [7, 11) is 0. The monoisotopic (exact) mass is 285 g/mol. The first-order valence-electron chi connectivity index (χ1n) is 6.69. The molecule has 7 nitrogen and oxygen atoms in total. The van der Waals surface area contributed by atoms with E-state index < -0.39 is 0 Å². The number of fused-ring (bicyclic) bond motifs is 1. The van der Waals surface area contributed by atoms with E-state index >= 15 is 0 Å². The Kier molecular flexibility index (Phi) is 3.25. The number of carbonyl (C=O) groups is 1. The number of hydrogen-bond acceptors (Lipinski definition) is 6. The molecular weight excluding hydrogens is 270 g/mol. The third kappa shape index (κ3) is 2.54. The molecule has 3 heterocycles. The predicted molar refractivity (Wildman–Crippen MR) is 74.8 cm³/mol. The van der Waals surface area contributed by atoms with Crippen molar-refractivity contribution in [2.24, 2.45) is 0 Å². The maximum atomic E-state index is 11.3. The zero-order valence-corrected chi connectivity index (χ0v) is 12.1. The number of nitrogens with zero attached hydrogens (tertiary/aromatic N) is 5. The van der Waals surface area contributed by atoms with Gasteiger partial charge >= 0.3 is 0 Å². The van der Waals surface area contributed by atoms with Crippen molar-refractivity contribution in [2.45, 2.75) is 33.1 Å². The van der Waals surface area contributed by atoms with Crippen LogP contribution in [-0.2, 0) is 11.2 Å². The second-order valence-electron chi connectivity index (χ2n) is 5.21. The van der Waals surface area contributed by atoms with Crippen LogP contribution in [0.1, 0.15) is 38.2 Å². The van der Waals surface area contributed by atoms with E-state index in [0.29, 0.717) is 22.9 Å². The molecule has 0 spiro atoms. The van der Waals surface area contributed by atoms with Crippen molar-refractivity contribution in [3.63, 3.8) is 0 Å². The van der Waals surface area contributed by atoms with Crippen LogP contribution in [0.5, 0.6) is 0 Å². The highest BCUT2D eigenvalue weighted by Gasteiger charge is 2.16. The average Bonchev–Trinajstić information content (AvgIpc) is 3.06. The minimum Gasteiger partial charge on any atom is -0.440 e. The van der Waals surface area contributed by atoms with Gasteiger partial charge in [-0.3, -0.25) is 4.79 Å². The molecule has 0 bridgehead atoms. The molecule has 3 aromatic rings. The van der Waals surface area contributed by atoms with Gasteiger partial charge in [0.1, 0.15) is 5.78 Å². The molecule has 0 aliphatic rings. The van der Waals surface area contributed by atoms with Crippen LogP contribution in [-0.4, -0.2) is 30.3 Å². The largest absolute Gasteiger partial charge is 0.440 e. The molecule has 3 aromatic heterocycles. The topological polar surface area (TPSA) is 86.2 Å². The lowest BCUT2D eigenvalue weighted by molar-refractivity contribution is -0.116. The van der Waals surface area contributed by atoms with E-state index in [1.165, 1.54) is 13.3 Å². The molecule has 0 fully saturated rings. The second-order valence-corrected chi connectivity index (χ2v) is 5.21. The Balaban J connectivity index is 2.23. The number of Topliss-reactive ketones (excluding diaryl/α,β-unsaturated/α-hetero) is 1. The first-order valence-corrected chi connectivity index (χ1v) is 6.69. The number of oxazole rings is 1. The van der Waals surface area contributed by atoms with Crippen molar-refractivity contribution in [1.29, 1.82) is 0 Å². The Morgan fingerprint density at radius 2 is 2.19 bits per heavy atom. The van der Waals surface area contributed by atoms with Crippen LogP contribution in [0.3, 0.4) is 0 Å². The Morgan fingerprint density at radius 1 is 1.38 bits per heavy atom. The van der Waals surface area contributed by atoms with Gasteiger partial charge in [0.25, 0.3) is 0 Å². The maximum absolute atomic E-state index is 11.3. The molecule has 7 heteroatoms. The molecule has 3 rings (SSSR count). The lowest BCUT2D eigenvalue weighted by Crippen LogP contribution is -2.05. The minimum absolute atomic E-state index is 0.0407. The summed E-state index contributed by atoms with van der Waals surface area (Å²) in [5.74, 6) is 1.95. The standard InChI is InChI=1S/C14H15N5O2/c1-8(2)13-17-12-5-10(4-9(3)20)16-14(19(12)18-13)11-6-15-7-21-11/h5-8H,4H2,1-3H3. The lowest BCUT2D eigenvalue weighted by Gasteiger charge is -2.03. The average molecular weight is 285 g/mol. The number of hydrogen-bond donors (Lipinski definition) is 0. The number of aromatic nitrogens is 5. The van der Waals surface area contributed by atoms with Crippen LogP contribution in [0, 0.1) is 0 Å². The zero-order chi connectivity index (χ0) is 15.0. The lowest BCUT2D eigenvalue weighted by atomic mass is 10.2. The molecule has 0 aromatic carbocycles. The maximum Gasteiger partial charge on any atom is 0.200 e. The minimum atomic E-state index is 0.0407. The number of rotatable bonds is 4. The third-order valence-corrected chi connectivity index (χ3v) is 2.99. The molecular formula is C14H15N5O2. The first kappa shape index (κ1) is 13.4. The highest BCUT2D eigenvalue weighted by atomic mass is 16.3. The van der Waals surface area contributed by atoms with Crippen molar-refractivity contribution in [3.8, 4) is 11.6 Å². The SMILES string of the molecule is CC(=O)Cc1cc2nc(C(C)C)nn2c(-c2cnco2)n1. The summed E-state index contributed by atoms with van der Waals surface area (Å²) in [6.45, 7) is 5.57. The summed E-state index contributed by atoms with van der Waals surface area (Å²) in [5, 5.41) is 4.46. The highest BCUT2D eigenvalue weighted by molar-refractivity contribution is 5.78. The van der Waals surface area contributed by atoms with Gasteiger partial charge < -0.3 is 4.42 Å². The molecule has 108 valence electrons. The van der Waals surface area contributed by atoms with Gasteiger partial charge in [-0.2, -0.15) is 4.52 Å². The highest BCUT2D eigenvalue weighted by Crippen LogP contribution is 2.20. The smallest absolute Gasteiger partial charge is 0.200 e. The van der Waals surface area contributed by atoms with Crippen molar-refractivity contribution >= 4 is 11.4 Å². The summed E-state index contributed by atoms with van der Waals surface area (Å²) >= 11 is 0. The summed E-state index contributed by atoms with van der Waals surface area (Å²) in [4.78, 5) is 24.2. The van der Waals surface area contributed by atoms with Gasteiger partial charge in [0.2, 0.25) is 5.82 Å². The van der Waals surface area contributed by atoms with Crippen LogP contribution in [0.15, 0.2) is 23.1 Å². The van der Waals surface area contributed by atoms with Gasteiger partial charge in [0, 0.05) is 18.4 Å². The molecule has 0 amide bonds. The van der Waals surface area contributed by atoms with Crippen LogP contribution in [0.25, 0.3) is 17.2 Å². The van der Waals surface area contributed by atoms with E-state index in [-0.39, 0.29) is 18.1 Å². The summed E-state index contributed by atoms with van der Waals surface area (Å²) in [6, 6.07) is 1.78. The van der Waals surface area contributed by atoms with Crippen molar-refractivity contribution in [3.05, 3.63) is 30.2 Å². The Labute approximate surface area is 121 Å². The predicted octanol–water partition coefficient (Wildman–Crippen LogP) is 2.03. The summed E-state index contributed by atoms with van der Waals surface area (Å²) in [5.41, 5.74) is 1.29. The summed E-state index contributed by atoms with van der Waals surface area (Å²) in [6.07, 6.45) is 3.15. The van der Waals surface area contributed by atoms with Crippen molar-refractivity contribution in [2.75, 3.05) is 0 Å². The van der Waals surface area contributed by atoms with E-state index in [2.05, 4.69) is 20.1 Å². The fourth-order valence-corrected chi connectivity index (χ4v) is 2.03.